The van der Waals surface area contributed by atoms with E-state index in [1.807, 2.05) is 12.1 Å². The van der Waals surface area contributed by atoms with Gasteiger partial charge in [0.1, 0.15) is 5.82 Å². The number of nitrogens with one attached hydrogen (secondary N) is 1. The average molecular weight is 339 g/mol. The topological polar surface area (TPSA) is 32.3 Å². The third kappa shape index (κ3) is 3.24. The lowest BCUT2D eigenvalue weighted by Crippen LogP contribution is -2.44. The second-order valence-corrected chi connectivity index (χ2v) is 7.25. The molecule has 0 aromatic heterocycles. The van der Waals surface area contributed by atoms with Crippen molar-refractivity contribution < 1.29 is 9.18 Å². The van der Waals surface area contributed by atoms with Gasteiger partial charge in [0, 0.05) is 25.6 Å². The molecule has 5 heteroatoms. The predicted octanol–water partition coefficient (Wildman–Crippen LogP) is 2.95. The van der Waals surface area contributed by atoms with E-state index >= 15 is 0 Å². The Morgan fingerprint density at radius 2 is 1.87 bits per heavy atom. The number of carbonyl (C=O) groups excluding carboxylic acids is 1. The Balaban J connectivity index is 0.00000156. The molecule has 3 fully saturated rings. The van der Waals surface area contributed by atoms with Crippen LogP contribution in [0.2, 0.25) is 0 Å². The van der Waals surface area contributed by atoms with Crippen LogP contribution in [0.1, 0.15) is 37.2 Å². The zero-order chi connectivity index (χ0) is 15.2. The molecule has 1 spiro atoms. The van der Waals surface area contributed by atoms with Crippen LogP contribution in [0.4, 0.5) is 4.39 Å². The maximum Gasteiger partial charge on any atom is 0.226 e. The summed E-state index contributed by atoms with van der Waals surface area (Å²) >= 11 is 0. The Bertz CT molecular complexity index is 561. The number of hydrogen-bond donors (Lipinski definition) is 1. The minimum Gasteiger partial charge on any atom is -0.342 e. The summed E-state index contributed by atoms with van der Waals surface area (Å²) in [4.78, 5) is 14.7. The highest BCUT2D eigenvalue weighted by Gasteiger charge is 2.47. The van der Waals surface area contributed by atoms with Crippen LogP contribution in [0.5, 0.6) is 0 Å². The number of piperidine rings is 1. The third-order valence-electron chi connectivity index (χ3n) is 5.87. The molecule has 2 saturated heterocycles. The predicted molar refractivity (Wildman–Crippen MR) is 90.2 cm³/mol. The van der Waals surface area contributed by atoms with Crippen LogP contribution in [-0.2, 0) is 4.79 Å². The van der Waals surface area contributed by atoms with Gasteiger partial charge in [-0.1, -0.05) is 12.1 Å². The van der Waals surface area contributed by atoms with Crippen molar-refractivity contribution in [2.24, 2.45) is 11.3 Å². The minimum absolute atomic E-state index is 0. The highest BCUT2D eigenvalue weighted by molar-refractivity contribution is 5.85. The molecule has 3 nitrogen and oxygen atoms in total. The van der Waals surface area contributed by atoms with Gasteiger partial charge in [-0.05, 0) is 61.3 Å². The molecule has 1 aliphatic carbocycles. The zero-order valence-electron chi connectivity index (χ0n) is 13.3. The van der Waals surface area contributed by atoms with Crippen LogP contribution in [0.25, 0.3) is 0 Å². The van der Waals surface area contributed by atoms with Gasteiger partial charge < -0.3 is 10.2 Å². The monoisotopic (exact) mass is 338 g/mol. The van der Waals surface area contributed by atoms with Crippen LogP contribution in [0.3, 0.4) is 0 Å². The third-order valence-corrected chi connectivity index (χ3v) is 5.87. The molecule has 1 aromatic rings. The quantitative estimate of drug-likeness (QED) is 0.899. The first-order valence-electron chi connectivity index (χ1n) is 8.42. The molecule has 3 aliphatic rings. The number of benzene rings is 1. The SMILES string of the molecule is Cl.O=C(C1CC1c1ccc(F)cc1)N1CCC2(CCNC2)CC1. The van der Waals surface area contributed by atoms with Gasteiger partial charge in [-0.2, -0.15) is 0 Å². The Kier molecular flexibility index (Phi) is 4.65. The molecule has 1 saturated carbocycles. The fraction of sp³-hybridized carbons (Fsp3) is 0.611. The summed E-state index contributed by atoms with van der Waals surface area (Å²) in [5.74, 6) is 0.534. The van der Waals surface area contributed by atoms with E-state index in [9.17, 15) is 9.18 Å². The van der Waals surface area contributed by atoms with Gasteiger partial charge in [0.05, 0.1) is 0 Å². The van der Waals surface area contributed by atoms with Crippen molar-refractivity contribution in [1.82, 2.24) is 10.2 Å². The first-order chi connectivity index (χ1) is 10.7. The Morgan fingerprint density at radius 3 is 2.48 bits per heavy atom. The molecule has 1 amide bonds. The second-order valence-electron chi connectivity index (χ2n) is 7.25. The van der Waals surface area contributed by atoms with Crippen LogP contribution < -0.4 is 5.32 Å². The summed E-state index contributed by atoms with van der Waals surface area (Å²) in [6.45, 7) is 4.07. The first-order valence-corrected chi connectivity index (χ1v) is 8.42. The molecule has 0 radical (unpaired) electrons. The van der Waals surface area contributed by atoms with Crippen LogP contribution in [0.15, 0.2) is 24.3 Å². The molecule has 0 bridgehead atoms. The van der Waals surface area contributed by atoms with E-state index in [1.54, 1.807) is 0 Å². The second kappa shape index (κ2) is 6.40. The average Bonchev–Trinajstić information content (AvgIpc) is 3.22. The van der Waals surface area contributed by atoms with E-state index in [-0.39, 0.29) is 24.1 Å². The van der Waals surface area contributed by atoms with Gasteiger partial charge in [0.15, 0.2) is 0 Å². The van der Waals surface area contributed by atoms with Crippen molar-refractivity contribution in [1.29, 1.82) is 0 Å². The van der Waals surface area contributed by atoms with Gasteiger partial charge >= 0.3 is 0 Å². The lowest BCUT2D eigenvalue weighted by atomic mass is 9.78. The number of likely N-dealkylation sites (tertiary alicyclic amines) is 1. The van der Waals surface area contributed by atoms with E-state index in [0.29, 0.717) is 17.2 Å². The van der Waals surface area contributed by atoms with Crippen molar-refractivity contribution in [3.63, 3.8) is 0 Å². The number of halogens is 2. The molecule has 1 N–H and O–H groups in total. The van der Waals surface area contributed by atoms with Crippen molar-refractivity contribution in [3.8, 4) is 0 Å². The lowest BCUT2D eigenvalue weighted by Gasteiger charge is -2.39. The number of nitrogens with zero attached hydrogens (tertiary/aromatic N) is 1. The van der Waals surface area contributed by atoms with Crippen molar-refractivity contribution in [2.45, 2.75) is 31.6 Å². The fourth-order valence-corrected chi connectivity index (χ4v) is 4.20. The van der Waals surface area contributed by atoms with Gasteiger partial charge in [0.2, 0.25) is 5.91 Å². The maximum atomic E-state index is 13.0. The minimum atomic E-state index is -0.209. The Hall–Kier alpha value is -1.13. The molecular formula is C18H24ClFN2O. The summed E-state index contributed by atoms with van der Waals surface area (Å²) in [5, 5.41) is 3.46. The zero-order valence-corrected chi connectivity index (χ0v) is 14.1. The van der Waals surface area contributed by atoms with E-state index in [2.05, 4.69) is 10.2 Å². The molecule has 126 valence electrons. The maximum absolute atomic E-state index is 13.0. The number of rotatable bonds is 2. The smallest absolute Gasteiger partial charge is 0.226 e. The molecule has 23 heavy (non-hydrogen) atoms. The normalized spacial score (nSPS) is 28.5. The largest absolute Gasteiger partial charge is 0.342 e. The van der Waals surface area contributed by atoms with E-state index in [0.717, 1.165) is 51.0 Å². The molecule has 1 aromatic carbocycles. The molecule has 2 unspecified atom stereocenters. The van der Waals surface area contributed by atoms with Gasteiger partial charge in [0.25, 0.3) is 0 Å². The molecule has 4 rings (SSSR count). The summed E-state index contributed by atoms with van der Waals surface area (Å²) in [5.41, 5.74) is 1.56. The first kappa shape index (κ1) is 16.7. The van der Waals surface area contributed by atoms with Gasteiger partial charge in [-0.25, -0.2) is 4.39 Å². The Morgan fingerprint density at radius 1 is 1.17 bits per heavy atom. The standard InChI is InChI=1S/C18H23FN2O.ClH/c19-14-3-1-13(2-4-14)15-11-16(15)17(22)21-9-6-18(7-10-21)5-8-20-12-18;/h1-4,15-16,20H,5-12H2;1H. The summed E-state index contributed by atoms with van der Waals surface area (Å²) in [7, 11) is 0. The summed E-state index contributed by atoms with van der Waals surface area (Å²) < 4.78 is 13.0. The molecular weight excluding hydrogens is 315 g/mol. The van der Waals surface area contributed by atoms with Crippen LogP contribution in [-0.4, -0.2) is 37.0 Å². The highest BCUT2D eigenvalue weighted by atomic mass is 35.5. The summed E-state index contributed by atoms with van der Waals surface area (Å²) in [6, 6.07) is 6.63. The molecule has 2 atom stereocenters. The molecule has 2 heterocycles. The summed E-state index contributed by atoms with van der Waals surface area (Å²) in [6.07, 6.45) is 4.46. The number of carbonyl (C=O) groups is 1. The number of hydrogen-bond acceptors (Lipinski definition) is 2. The fourth-order valence-electron chi connectivity index (χ4n) is 4.20. The number of amides is 1. The van der Waals surface area contributed by atoms with Crippen LogP contribution >= 0.6 is 12.4 Å². The lowest BCUT2D eigenvalue weighted by molar-refractivity contribution is -0.134. The van der Waals surface area contributed by atoms with Gasteiger partial charge in [-0.3, -0.25) is 4.79 Å². The van der Waals surface area contributed by atoms with Crippen molar-refractivity contribution >= 4 is 18.3 Å². The van der Waals surface area contributed by atoms with Crippen molar-refractivity contribution in [2.75, 3.05) is 26.2 Å². The van der Waals surface area contributed by atoms with E-state index < -0.39 is 0 Å². The van der Waals surface area contributed by atoms with Crippen molar-refractivity contribution in [3.05, 3.63) is 35.6 Å². The highest BCUT2D eigenvalue weighted by Crippen LogP contribution is 2.49. The van der Waals surface area contributed by atoms with E-state index in [1.165, 1.54) is 18.6 Å². The van der Waals surface area contributed by atoms with Gasteiger partial charge in [-0.15, -0.1) is 12.4 Å². The molecule has 2 aliphatic heterocycles. The van der Waals surface area contributed by atoms with Crippen LogP contribution in [0, 0.1) is 17.2 Å². The Labute approximate surface area is 143 Å². The van der Waals surface area contributed by atoms with E-state index in [4.69, 9.17) is 0 Å².